The van der Waals surface area contributed by atoms with Crippen LogP contribution in [0.5, 0.6) is 0 Å². The standard InChI is InChI=1S/C18H26BNO4S/c1-18(2,3)24-17(21)20-14-10-13(9-12-7-5-4-6-8-12)25-15(14)11-16(20)19(22)23/h10-12,22-23H,4-9H2,1-3H3. The molecule has 2 aromatic heterocycles. The Morgan fingerprint density at radius 2 is 1.96 bits per heavy atom. The van der Waals surface area contributed by atoms with Gasteiger partial charge in [-0.05, 0) is 45.2 Å². The summed E-state index contributed by atoms with van der Waals surface area (Å²) in [5.41, 5.74) is 0.208. The summed E-state index contributed by atoms with van der Waals surface area (Å²) in [5, 5.41) is 19.3. The molecule has 2 aromatic rings. The van der Waals surface area contributed by atoms with Gasteiger partial charge in [-0.1, -0.05) is 32.1 Å². The number of carbonyl (C=O) groups excluding carboxylic acids is 1. The first-order chi connectivity index (χ1) is 11.7. The third kappa shape index (κ3) is 4.27. The zero-order valence-electron chi connectivity index (χ0n) is 15.1. The fourth-order valence-corrected chi connectivity index (χ4v) is 4.75. The highest BCUT2D eigenvalue weighted by molar-refractivity contribution is 7.19. The number of carbonyl (C=O) groups is 1. The van der Waals surface area contributed by atoms with Crippen molar-refractivity contribution in [1.82, 2.24) is 4.57 Å². The predicted molar refractivity (Wildman–Crippen MR) is 102 cm³/mol. The lowest BCUT2D eigenvalue weighted by atomic mass is 9.86. The number of thiophene rings is 1. The van der Waals surface area contributed by atoms with Crippen molar-refractivity contribution in [2.24, 2.45) is 5.92 Å². The van der Waals surface area contributed by atoms with Crippen molar-refractivity contribution in [1.29, 1.82) is 0 Å². The van der Waals surface area contributed by atoms with E-state index in [0.29, 0.717) is 5.52 Å². The highest BCUT2D eigenvalue weighted by Crippen LogP contribution is 2.32. The lowest BCUT2D eigenvalue weighted by Gasteiger charge is -2.21. The molecule has 1 fully saturated rings. The first-order valence-electron chi connectivity index (χ1n) is 8.98. The molecule has 0 saturated heterocycles. The lowest BCUT2D eigenvalue weighted by Crippen LogP contribution is -2.41. The fraction of sp³-hybridized carbons (Fsp3) is 0.611. The maximum atomic E-state index is 12.6. The van der Waals surface area contributed by atoms with Crippen LogP contribution in [0, 0.1) is 5.92 Å². The topological polar surface area (TPSA) is 71.7 Å². The lowest BCUT2D eigenvalue weighted by molar-refractivity contribution is 0.0548. The van der Waals surface area contributed by atoms with Crippen molar-refractivity contribution < 1.29 is 19.6 Å². The van der Waals surface area contributed by atoms with Crippen LogP contribution in [0.2, 0.25) is 0 Å². The van der Waals surface area contributed by atoms with Crippen LogP contribution in [-0.2, 0) is 11.2 Å². The number of hydrogen-bond donors (Lipinski definition) is 2. The van der Waals surface area contributed by atoms with Crippen LogP contribution in [0.3, 0.4) is 0 Å². The van der Waals surface area contributed by atoms with Gasteiger partial charge in [-0.25, -0.2) is 4.79 Å². The van der Waals surface area contributed by atoms with Crippen LogP contribution in [0.25, 0.3) is 10.2 Å². The Morgan fingerprint density at radius 3 is 2.56 bits per heavy atom. The van der Waals surface area contributed by atoms with E-state index >= 15 is 0 Å². The van der Waals surface area contributed by atoms with E-state index in [1.165, 1.54) is 41.5 Å². The van der Waals surface area contributed by atoms with Crippen LogP contribution in [0.15, 0.2) is 12.1 Å². The first-order valence-corrected chi connectivity index (χ1v) is 9.80. The van der Waals surface area contributed by atoms with Crippen LogP contribution in [0.4, 0.5) is 4.79 Å². The molecule has 1 aliphatic carbocycles. The SMILES string of the molecule is CC(C)(C)OC(=O)n1c(B(O)O)cc2sc(CC3CCCCC3)cc21. The average molecular weight is 363 g/mol. The van der Waals surface area contributed by atoms with E-state index in [1.807, 2.05) is 6.07 Å². The van der Waals surface area contributed by atoms with Gasteiger partial charge in [0.15, 0.2) is 0 Å². The molecular formula is C18H26BNO4S. The van der Waals surface area contributed by atoms with Crippen molar-refractivity contribution in [3.63, 3.8) is 0 Å². The number of rotatable bonds is 3. The minimum atomic E-state index is -1.71. The summed E-state index contributed by atoms with van der Waals surface area (Å²) in [6.45, 7) is 5.38. The second-order valence-electron chi connectivity index (χ2n) is 7.93. The third-order valence-electron chi connectivity index (χ3n) is 4.62. The summed E-state index contributed by atoms with van der Waals surface area (Å²) in [7, 11) is -1.71. The van der Waals surface area contributed by atoms with Gasteiger partial charge < -0.3 is 14.8 Å². The smallest absolute Gasteiger partial charge is 0.443 e. The van der Waals surface area contributed by atoms with E-state index in [0.717, 1.165) is 17.0 Å². The van der Waals surface area contributed by atoms with E-state index in [9.17, 15) is 14.8 Å². The number of aromatic nitrogens is 1. The number of nitrogens with zero attached hydrogens (tertiary/aromatic N) is 1. The summed E-state index contributed by atoms with van der Waals surface area (Å²) in [6.07, 6.45) is 6.95. The van der Waals surface area contributed by atoms with E-state index in [2.05, 4.69) is 0 Å². The van der Waals surface area contributed by atoms with Gasteiger partial charge in [0, 0.05) is 4.88 Å². The van der Waals surface area contributed by atoms with Crippen molar-refractivity contribution >= 4 is 40.4 Å². The normalized spacial score (nSPS) is 16.4. The number of fused-ring (bicyclic) bond motifs is 1. The maximum Gasteiger partial charge on any atom is 0.506 e. The molecule has 2 N–H and O–H groups in total. The summed E-state index contributed by atoms with van der Waals surface area (Å²) in [5.74, 6) is 0.717. The molecule has 0 amide bonds. The fourth-order valence-electron chi connectivity index (χ4n) is 3.54. The summed E-state index contributed by atoms with van der Waals surface area (Å²) >= 11 is 1.63. The maximum absolute atomic E-state index is 12.6. The molecule has 1 aliphatic rings. The Hall–Kier alpha value is -1.31. The molecule has 2 heterocycles. The molecule has 0 aliphatic heterocycles. The minimum Gasteiger partial charge on any atom is -0.443 e. The van der Waals surface area contributed by atoms with Gasteiger partial charge in [0.25, 0.3) is 0 Å². The van der Waals surface area contributed by atoms with E-state index < -0.39 is 18.8 Å². The predicted octanol–water partition coefficient (Wildman–Crippen LogP) is 3.29. The van der Waals surface area contributed by atoms with Crippen molar-refractivity contribution in [2.75, 3.05) is 0 Å². The molecule has 0 unspecified atom stereocenters. The summed E-state index contributed by atoms with van der Waals surface area (Å²) < 4.78 is 7.63. The van der Waals surface area contributed by atoms with Gasteiger partial charge in [-0.3, -0.25) is 4.57 Å². The Bertz CT molecular complexity index is 753. The molecule has 1 saturated carbocycles. The Labute approximate surface area is 152 Å². The first kappa shape index (κ1) is 18.5. The quantitative estimate of drug-likeness (QED) is 0.821. The number of hydrogen-bond acceptors (Lipinski definition) is 5. The van der Waals surface area contributed by atoms with Gasteiger partial charge in [-0.15, -0.1) is 11.3 Å². The monoisotopic (exact) mass is 363 g/mol. The van der Waals surface area contributed by atoms with Crippen LogP contribution < -0.4 is 5.59 Å². The highest BCUT2D eigenvalue weighted by Gasteiger charge is 2.28. The van der Waals surface area contributed by atoms with Crippen molar-refractivity contribution in [2.45, 2.75) is 64.9 Å². The zero-order valence-corrected chi connectivity index (χ0v) is 15.9. The van der Waals surface area contributed by atoms with Gasteiger partial charge in [-0.2, -0.15) is 0 Å². The van der Waals surface area contributed by atoms with Crippen molar-refractivity contribution in [3.05, 3.63) is 17.0 Å². The molecule has 3 rings (SSSR count). The molecule has 0 spiro atoms. The summed E-state index contributed by atoms with van der Waals surface area (Å²) in [4.78, 5) is 13.8. The Kier molecular flexibility index (Phi) is 5.27. The summed E-state index contributed by atoms with van der Waals surface area (Å²) in [6, 6.07) is 3.68. The number of ether oxygens (including phenoxy) is 1. The zero-order chi connectivity index (χ0) is 18.2. The molecule has 5 nitrogen and oxygen atoms in total. The van der Waals surface area contributed by atoms with Crippen LogP contribution in [-0.4, -0.2) is 33.4 Å². The minimum absolute atomic E-state index is 0.153. The van der Waals surface area contributed by atoms with E-state index in [1.54, 1.807) is 38.2 Å². The van der Waals surface area contributed by atoms with Gasteiger partial charge in [0.2, 0.25) is 0 Å². The molecule has 136 valence electrons. The second kappa shape index (κ2) is 7.13. The largest absolute Gasteiger partial charge is 0.506 e. The third-order valence-corrected chi connectivity index (χ3v) is 5.72. The second-order valence-corrected chi connectivity index (χ2v) is 9.10. The Balaban J connectivity index is 1.92. The molecule has 0 radical (unpaired) electrons. The highest BCUT2D eigenvalue weighted by atomic mass is 32.1. The van der Waals surface area contributed by atoms with Crippen LogP contribution >= 0.6 is 11.3 Å². The molecular weight excluding hydrogens is 337 g/mol. The van der Waals surface area contributed by atoms with Gasteiger partial charge in [0.1, 0.15) is 5.60 Å². The van der Waals surface area contributed by atoms with E-state index in [4.69, 9.17) is 4.74 Å². The van der Waals surface area contributed by atoms with Crippen molar-refractivity contribution in [3.8, 4) is 0 Å². The van der Waals surface area contributed by atoms with Gasteiger partial charge in [0.05, 0.1) is 15.8 Å². The molecule has 25 heavy (non-hydrogen) atoms. The van der Waals surface area contributed by atoms with Crippen LogP contribution in [0.1, 0.15) is 57.8 Å². The van der Waals surface area contributed by atoms with Gasteiger partial charge >= 0.3 is 13.2 Å². The average Bonchev–Trinajstić information content (AvgIpc) is 3.03. The molecule has 7 heteroatoms. The molecule has 0 aromatic carbocycles. The molecule has 0 atom stereocenters. The molecule has 0 bridgehead atoms. The van der Waals surface area contributed by atoms with E-state index in [-0.39, 0.29) is 5.59 Å². The Morgan fingerprint density at radius 1 is 1.28 bits per heavy atom.